The van der Waals surface area contributed by atoms with Crippen molar-refractivity contribution in [3.63, 3.8) is 0 Å². The molecule has 4 rings (SSSR count). The molecule has 0 saturated carbocycles. The molecule has 5 nitrogen and oxygen atoms in total. The van der Waals surface area contributed by atoms with Crippen LogP contribution in [0.25, 0.3) is 11.1 Å². The molecule has 6 heteroatoms. The van der Waals surface area contributed by atoms with Crippen molar-refractivity contribution < 1.29 is 9.84 Å². The van der Waals surface area contributed by atoms with Gasteiger partial charge in [0, 0.05) is 42.1 Å². The van der Waals surface area contributed by atoms with Gasteiger partial charge in [0.2, 0.25) is 0 Å². The Bertz CT molecular complexity index is 984. The van der Waals surface area contributed by atoms with Crippen LogP contribution in [0.2, 0.25) is 5.02 Å². The Morgan fingerprint density at radius 2 is 2.07 bits per heavy atom. The molecule has 1 aliphatic heterocycles. The van der Waals surface area contributed by atoms with Gasteiger partial charge in [0.25, 0.3) is 0 Å². The molecule has 28 heavy (non-hydrogen) atoms. The molecule has 0 amide bonds. The van der Waals surface area contributed by atoms with E-state index in [0.717, 1.165) is 35.6 Å². The maximum atomic E-state index is 10.6. The number of hydrogen-bond acceptors (Lipinski definition) is 4. The summed E-state index contributed by atoms with van der Waals surface area (Å²) >= 11 is 6.14. The van der Waals surface area contributed by atoms with Gasteiger partial charge in [0.1, 0.15) is 12.4 Å². The lowest BCUT2D eigenvalue weighted by Gasteiger charge is -2.21. The molecule has 1 N–H and O–H groups in total. The van der Waals surface area contributed by atoms with Crippen LogP contribution in [0.3, 0.4) is 0 Å². The average Bonchev–Trinajstić information content (AvgIpc) is 3.01. The molecule has 146 valence electrons. The van der Waals surface area contributed by atoms with Crippen molar-refractivity contribution in [2.45, 2.75) is 33.0 Å². The fourth-order valence-corrected chi connectivity index (χ4v) is 3.85. The minimum absolute atomic E-state index is 0.165. The lowest BCUT2D eigenvalue weighted by Crippen LogP contribution is -2.27. The van der Waals surface area contributed by atoms with E-state index in [-0.39, 0.29) is 5.75 Å². The lowest BCUT2D eigenvalue weighted by atomic mass is 10.0. The maximum Gasteiger partial charge on any atom is 0.165 e. The second kappa shape index (κ2) is 7.86. The number of rotatable bonds is 4. The van der Waals surface area contributed by atoms with Gasteiger partial charge in [-0.1, -0.05) is 23.7 Å². The minimum Gasteiger partial charge on any atom is -0.504 e. The highest BCUT2D eigenvalue weighted by Crippen LogP contribution is 2.38. The van der Waals surface area contributed by atoms with Gasteiger partial charge in [-0.05, 0) is 49.2 Å². The monoisotopic (exact) mass is 397 g/mol. The number of aromatic hydroxyl groups is 1. The number of ether oxygens (including phenoxy) is 1. The van der Waals surface area contributed by atoms with E-state index in [0.29, 0.717) is 30.0 Å². The fraction of sp³-hybridized carbons (Fsp3) is 0.318. The average molecular weight is 398 g/mol. The summed E-state index contributed by atoms with van der Waals surface area (Å²) in [6.07, 6.45) is 3.87. The molecule has 2 heterocycles. The molecular weight excluding hydrogens is 374 g/mol. The Labute approximate surface area is 170 Å². The molecule has 1 aromatic heterocycles. The van der Waals surface area contributed by atoms with E-state index in [1.54, 1.807) is 6.07 Å². The standard InChI is InChI=1S/C22H24ClN3O2/c1-15(2)26-7-6-24-21(26)14-25-8-9-28-22-18(13-25)10-17(12-20(22)27)16-4-3-5-19(23)11-16/h3-7,10-12,15,27H,8-9,13-14H2,1-2H3. The van der Waals surface area contributed by atoms with Crippen molar-refractivity contribution in [2.75, 3.05) is 13.2 Å². The first-order chi connectivity index (χ1) is 13.5. The van der Waals surface area contributed by atoms with Gasteiger partial charge in [0.15, 0.2) is 11.5 Å². The molecule has 1 aliphatic rings. The van der Waals surface area contributed by atoms with Crippen molar-refractivity contribution in [1.82, 2.24) is 14.5 Å². The van der Waals surface area contributed by atoms with Crippen molar-refractivity contribution in [3.8, 4) is 22.6 Å². The van der Waals surface area contributed by atoms with Crippen molar-refractivity contribution in [2.24, 2.45) is 0 Å². The summed E-state index contributed by atoms with van der Waals surface area (Å²) in [6.45, 7) is 7.02. The summed E-state index contributed by atoms with van der Waals surface area (Å²) in [5, 5.41) is 11.2. The Morgan fingerprint density at radius 3 is 2.86 bits per heavy atom. The normalized spacial score (nSPS) is 14.6. The summed E-state index contributed by atoms with van der Waals surface area (Å²) in [7, 11) is 0. The Hall–Kier alpha value is -2.50. The predicted molar refractivity (Wildman–Crippen MR) is 111 cm³/mol. The van der Waals surface area contributed by atoms with Gasteiger partial charge in [0.05, 0.1) is 6.54 Å². The quantitative estimate of drug-likeness (QED) is 0.681. The predicted octanol–water partition coefficient (Wildman–Crippen LogP) is 4.88. The van der Waals surface area contributed by atoms with Crippen LogP contribution in [0.15, 0.2) is 48.8 Å². The van der Waals surface area contributed by atoms with Crippen LogP contribution in [-0.2, 0) is 13.1 Å². The first-order valence-corrected chi connectivity index (χ1v) is 9.88. The Kier molecular flexibility index (Phi) is 5.29. The molecule has 0 aliphatic carbocycles. The van der Waals surface area contributed by atoms with E-state index < -0.39 is 0 Å². The smallest absolute Gasteiger partial charge is 0.165 e. The van der Waals surface area contributed by atoms with Crippen LogP contribution in [0.5, 0.6) is 11.5 Å². The highest BCUT2D eigenvalue weighted by atomic mass is 35.5. The second-order valence-electron chi connectivity index (χ2n) is 7.40. The summed E-state index contributed by atoms with van der Waals surface area (Å²) in [6, 6.07) is 11.8. The number of phenols is 1. The van der Waals surface area contributed by atoms with Crippen LogP contribution in [0, 0.1) is 0 Å². The largest absolute Gasteiger partial charge is 0.504 e. The van der Waals surface area contributed by atoms with Crippen LogP contribution in [0.4, 0.5) is 0 Å². The molecule has 0 atom stereocenters. The molecule has 0 unspecified atom stereocenters. The minimum atomic E-state index is 0.165. The zero-order valence-corrected chi connectivity index (χ0v) is 16.9. The lowest BCUT2D eigenvalue weighted by molar-refractivity contribution is 0.210. The molecule has 0 spiro atoms. The van der Waals surface area contributed by atoms with Gasteiger partial charge >= 0.3 is 0 Å². The van der Waals surface area contributed by atoms with Crippen LogP contribution < -0.4 is 4.74 Å². The van der Waals surface area contributed by atoms with Gasteiger partial charge in [-0.2, -0.15) is 0 Å². The number of halogens is 1. The third kappa shape index (κ3) is 3.86. The molecule has 2 aromatic carbocycles. The summed E-state index contributed by atoms with van der Waals surface area (Å²) < 4.78 is 8.06. The zero-order valence-electron chi connectivity index (χ0n) is 16.1. The number of imidazole rings is 1. The van der Waals surface area contributed by atoms with Gasteiger partial charge in [-0.3, -0.25) is 4.90 Å². The highest BCUT2D eigenvalue weighted by Gasteiger charge is 2.21. The zero-order chi connectivity index (χ0) is 19.7. The van der Waals surface area contributed by atoms with E-state index in [1.165, 1.54) is 0 Å². The number of nitrogens with zero attached hydrogens (tertiary/aromatic N) is 3. The first-order valence-electron chi connectivity index (χ1n) is 9.50. The van der Waals surface area contributed by atoms with Crippen LogP contribution in [0.1, 0.15) is 31.3 Å². The van der Waals surface area contributed by atoms with Gasteiger partial charge in [-0.15, -0.1) is 0 Å². The second-order valence-corrected chi connectivity index (χ2v) is 7.83. The van der Waals surface area contributed by atoms with Crippen LogP contribution >= 0.6 is 11.6 Å². The molecule has 0 saturated heterocycles. The number of benzene rings is 2. The first kappa shape index (κ1) is 18.8. The number of fused-ring (bicyclic) bond motifs is 1. The van der Waals surface area contributed by atoms with Crippen LogP contribution in [-0.4, -0.2) is 32.7 Å². The van der Waals surface area contributed by atoms with E-state index in [1.807, 2.05) is 36.7 Å². The number of hydrogen-bond donors (Lipinski definition) is 1. The van der Waals surface area contributed by atoms with Crippen molar-refractivity contribution in [1.29, 1.82) is 0 Å². The van der Waals surface area contributed by atoms with Crippen molar-refractivity contribution in [3.05, 3.63) is 65.2 Å². The molecule has 0 radical (unpaired) electrons. The fourth-order valence-electron chi connectivity index (χ4n) is 3.66. The van der Waals surface area contributed by atoms with Gasteiger partial charge in [-0.25, -0.2) is 4.98 Å². The summed E-state index contributed by atoms with van der Waals surface area (Å²) in [4.78, 5) is 6.83. The topological polar surface area (TPSA) is 50.5 Å². The molecule has 0 bridgehead atoms. The van der Waals surface area contributed by atoms with Crippen molar-refractivity contribution >= 4 is 11.6 Å². The number of phenolic OH excluding ortho intramolecular Hbond substituents is 1. The van der Waals surface area contributed by atoms with E-state index in [2.05, 4.69) is 34.4 Å². The maximum absolute atomic E-state index is 10.6. The van der Waals surface area contributed by atoms with Gasteiger partial charge < -0.3 is 14.4 Å². The Morgan fingerprint density at radius 1 is 1.21 bits per heavy atom. The molecule has 0 fully saturated rings. The third-order valence-corrected chi connectivity index (χ3v) is 5.26. The summed E-state index contributed by atoms with van der Waals surface area (Å²) in [5.41, 5.74) is 2.86. The number of aromatic nitrogens is 2. The highest BCUT2D eigenvalue weighted by molar-refractivity contribution is 6.30. The van der Waals surface area contributed by atoms with E-state index in [4.69, 9.17) is 16.3 Å². The Balaban J connectivity index is 1.64. The SMILES string of the molecule is CC(C)n1ccnc1CN1CCOc2c(O)cc(-c3cccc(Cl)c3)cc2C1. The van der Waals surface area contributed by atoms with E-state index >= 15 is 0 Å². The third-order valence-electron chi connectivity index (χ3n) is 5.02. The molecular formula is C22H24ClN3O2. The van der Waals surface area contributed by atoms with E-state index in [9.17, 15) is 5.11 Å². The molecule has 3 aromatic rings. The summed E-state index contributed by atoms with van der Waals surface area (Å²) in [5.74, 6) is 1.77.